The number of anilines is 1. The topological polar surface area (TPSA) is 562 Å². The van der Waals surface area contributed by atoms with Crippen LogP contribution in [0, 0.1) is 6.92 Å². The first-order valence-corrected chi connectivity index (χ1v) is 39.3. The van der Waals surface area contributed by atoms with Crippen molar-refractivity contribution in [3.63, 3.8) is 0 Å². The van der Waals surface area contributed by atoms with Crippen LogP contribution in [0.5, 0.6) is 5.75 Å². The van der Waals surface area contributed by atoms with Gasteiger partial charge in [0.15, 0.2) is 0 Å². The lowest BCUT2D eigenvalue weighted by molar-refractivity contribution is -0.143. The summed E-state index contributed by atoms with van der Waals surface area (Å²) in [7, 11) is 0. The third kappa shape index (κ3) is 21.0. The molecule has 4 fully saturated rings. The highest BCUT2D eigenvalue weighted by Crippen LogP contribution is 2.28. The van der Waals surface area contributed by atoms with E-state index in [0.29, 0.717) is 64.7 Å². The molecule has 9 aromatic rings. The second kappa shape index (κ2) is 38.3. The number of nitrogens with zero attached hydrogens (tertiary/aromatic N) is 2. The summed E-state index contributed by atoms with van der Waals surface area (Å²) in [5, 5.41) is 49.7. The number of rotatable bonds is 32. The molecule has 0 bridgehead atoms. The summed E-state index contributed by atoms with van der Waals surface area (Å²) < 4.78 is 5.41. The van der Waals surface area contributed by atoms with Crippen LogP contribution >= 0.6 is 0 Å². The monoisotopic (exact) mass is 1640 g/mol. The van der Waals surface area contributed by atoms with Crippen LogP contribution in [0.2, 0.25) is 0 Å². The predicted molar refractivity (Wildman–Crippen MR) is 437 cm³/mol. The average Bonchev–Trinajstić information content (AvgIpc) is 1.36. The number of hydrogen-bond acceptors (Lipinski definition) is 19. The largest absolute Gasteiger partial charge is 0.508 e. The normalized spacial score (nSPS) is 18.0. The lowest BCUT2D eigenvalue weighted by Crippen LogP contribution is -2.60. The number of aromatic amines is 3. The van der Waals surface area contributed by atoms with Crippen molar-refractivity contribution < 1.29 is 81.8 Å². The van der Waals surface area contributed by atoms with Gasteiger partial charge in [-0.2, -0.15) is 0 Å². The maximum atomic E-state index is 14.7. The van der Waals surface area contributed by atoms with E-state index < -0.39 is 168 Å². The van der Waals surface area contributed by atoms with Crippen LogP contribution in [0.25, 0.3) is 43.7 Å². The third-order valence-corrected chi connectivity index (χ3v) is 21.7. The van der Waals surface area contributed by atoms with Gasteiger partial charge in [-0.05, 0) is 122 Å². The number of aromatic hydroxyl groups is 1. The number of nitrogens with one attached hydrogen (secondary N) is 13. The maximum absolute atomic E-state index is 14.7. The third-order valence-electron chi connectivity index (χ3n) is 21.7. The molecule has 14 amide bonds. The Morgan fingerprint density at radius 3 is 1.38 bits per heavy atom. The Bertz CT molecular complexity index is 5520. The molecule has 4 aliphatic heterocycles. The molecule has 0 aliphatic carbocycles. The van der Waals surface area contributed by atoms with Crippen LogP contribution in [0.4, 0.5) is 5.69 Å². The Morgan fingerprint density at radius 1 is 0.492 bits per heavy atom. The molecule has 8 heterocycles. The second-order valence-electron chi connectivity index (χ2n) is 30.2. The van der Waals surface area contributed by atoms with E-state index in [2.05, 4.69) is 74.7 Å². The van der Waals surface area contributed by atoms with E-state index in [9.17, 15) is 82.1 Å². The number of carbonyl (C=O) groups excluding carboxylic acids is 14. The molecule has 21 N–H and O–H groups in total. The first-order chi connectivity index (χ1) is 57.5. The van der Waals surface area contributed by atoms with Crippen LogP contribution in [0.15, 0.2) is 161 Å². The van der Waals surface area contributed by atoms with Gasteiger partial charge in [-0.25, -0.2) is 4.79 Å². The van der Waals surface area contributed by atoms with Crippen LogP contribution < -0.4 is 76.0 Å². The Kier molecular flexibility index (Phi) is 27.2. The van der Waals surface area contributed by atoms with Crippen molar-refractivity contribution in [2.75, 3.05) is 25.0 Å². The standard InChI is InChI=1S/C46H47N9O9.C38H47N9O9/c1-24-17-41(58)64-38-20-27(12-13-28(24)38)50-43(60)34(18-25-22-48-31-9-4-2-7-29(25)31)52-44(61)35(19-26-23-49-32-10-5-3-8-30(26)32)53-45(62)37-11-6-16-55(37)46(63)36(21-39(47)56)54-42(59)33-14-15-40(57)51-33;1-20-8-13-26(42-20)34(52)45-29(17-32(39)50)38(56)47-14-4-7-31(47)37(55)44-28(16-22-18-41-25-6-3-2-5-24(22)25)35(53)46-30(19-48)36(54)43-27(33(40)51)15-21-9-11-23(49)12-10-21/h2-5,7-10,12-13,17,20,22-23,33-37,48-49H,6,11,14-16,18-19,21H2,1H3,(H2,47,56)(H,50,60)(H,51,57)(H,52,61)(H,53,62)(H,54,59);2-3,5-6,9-12,18,26-31,41-42,48-49H,1,4,7-8,13-17,19H2,(H2,39,50)(H2,40,51)(H,43,54)(H,44,55)(H,45,52)(H,46,53). The number of phenolic OH excluding ortho intramolecular Hbond substituents is 1. The molecular formula is C84H94N18O18. The van der Waals surface area contributed by atoms with Gasteiger partial charge in [-0.3, -0.25) is 67.1 Å². The fourth-order valence-electron chi connectivity index (χ4n) is 15.5. The van der Waals surface area contributed by atoms with Gasteiger partial charge in [0, 0.05) is 125 Å². The molecule has 5 aromatic carbocycles. The van der Waals surface area contributed by atoms with Gasteiger partial charge in [0.2, 0.25) is 82.7 Å². The summed E-state index contributed by atoms with van der Waals surface area (Å²) in [6.07, 6.45) is 6.61. The van der Waals surface area contributed by atoms with Gasteiger partial charge in [-0.15, -0.1) is 0 Å². The quantitative estimate of drug-likeness (QED) is 0.0252. The molecule has 36 heteroatoms. The summed E-state index contributed by atoms with van der Waals surface area (Å²) in [4.78, 5) is 211. The number of likely N-dealkylation sites (tertiary alicyclic amines) is 2. The van der Waals surface area contributed by atoms with Crippen LogP contribution in [0.3, 0.4) is 0 Å². The van der Waals surface area contributed by atoms with Gasteiger partial charge in [0.1, 0.15) is 77.8 Å². The minimum absolute atomic E-state index is 0.00163. The maximum Gasteiger partial charge on any atom is 0.336 e. The van der Waals surface area contributed by atoms with Gasteiger partial charge in [0.25, 0.3) is 0 Å². The van der Waals surface area contributed by atoms with Crippen molar-refractivity contribution in [2.45, 2.75) is 163 Å². The number of phenols is 1. The number of carbonyl (C=O) groups is 14. The van der Waals surface area contributed by atoms with E-state index in [4.69, 9.17) is 21.6 Å². The smallest absolute Gasteiger partial charge is 0.336 e. The van der Waals surface area contributed by atoms with Crippen LogP contribution in [0.1, 0.15) is 92.0 Å². The van der Waals surface area contributed by atoms with Gasteiger partial charge >= 0.3 is 5.63 Å². The molecule has 4 aromatic heterocycles. The lowest BCUT2D eigenvalue weighted by Gasteiger charge is -2.30. The SMILES string of the molecule is C=C1CCC(C(=O)NC(CC(N)=O)C(=O)N2CCCC2C(=O)NC(Cc2c[nH]c3ccccc23)C(=O)NC(CO)C(=O)NC(Cc2ccc(O)cc2)C(N)=O)N1.Cc1cc(=O)oc2cc(NC(=O)C(Cc3c[nH]c4ccccc34)NC(=O)C(Cc3c[nH]c4ccccc34)NC(=O)C3CCCN3C(=O)C(CC(N)=O)NC(=O)C3CCC(=O)N3)ccc12. The lowest BCUT2D eigenvalue weighted by atomic mass is 10.0. The van der Waals surface area contributed by atoms with E-state index in [1.807, 2.05) is 66.7 Å². The number of allylic oxidation sites excluding steroid dienone is 1. The number of aryl methyl sites for hydroxylation is 1. The van der Waals surface area contributed by atoms with Crippen molar-refractivity contribution in [3.8, 4) is 5.75 Å². The van der Waals surface area contributed by atoms with Crippen molar-refractivity contribution in [2.24, 2.45) is 17.2 Å². The molecule has 13 rings (SSSR count). The zero-order valence-corrected chi connectivity index (χ0v) is 65.4. The van der Waals surface area contributed by atoms with E-state index in [-0.39, 0.29) is 81.7 Å². The molecule has 0 saturated carbocycles. The average molecular weight is 1640 g/mol. The van der Waals surface area contributed by atoms with Crippen molar-refractivity contribution >= 4 is 132 Å². The van der Waals surface area contributed by atoms with Crippen molar-refractivity contribution in [1.29, 1.82) is 0 Å². The van der Waals surface area contributed by atoms with Gasteiger partial charge in [-0.1, -0.05) is 73.3 Å². The summed E-state index contributed by atoms with van der Waals surface area (Å²) in [5.74, 6) is -9.92. The molecule has 11 unspecified atom stereocenters. The number of benzene rings is 5. The minimum Gasteiger partial charge on any atom is -0.508 e. The number of para-hydroxylation sites is 3. The van der Waals surface area contributed by atoms with Crippen LogP contribution in [-0.2, 0) is 92.8 Å². The first kappa shape index (κ1) is 85.2. The summed E-state index contributed by atoms with van der Waals surface area (Å²) in [6, 6.07) is 21.3. The molecule has 4 saturated heterocycles. The Labute approximate surface area is 685 Å². The number of aromatic nitrogens is 3. The van der Waals surface area contributed by atoms with Crippen LogP contribution in [-0.4, -0.2) is 204 Å². The molecule has 120 heavy (non-hydrogen) atoms. The number of nitrogens with two attached hydrogens (primary N) is 3. The second-order valence-corrected chi connectivity index (χ2v) is 30.2. The number of hydrogen-bond donors (Lipinski definition) is 18. The fraction of sp³-hybridized carbons (Fsp3) is 0.345. The zero-order chi connectivity index (χ0) is 85.6. The zero-order valence-electron chi connectivity index (χ0n) is 65.4. The molecule has 628 valence electrons. The number of fused-ring (bicyclic) bond motifs is 4. The number of amides is 14. The highest BCUT2D eigenvalue weighted by atomic mass is 16.4. The molecule has 11 atom stereocenters. The molecule has 4 aliphatic rings. The molecular weight excluding hydrogens is 1550 g/mol. The van der Waals surface area contributed by atoms with Crippen molar-refractivity contribution in [1.82, 2.24) is 72.6 Å². The van der Waals surface area contributed by atoms with E-state index in [0.717, 1.165) is 38.3 Å². The van der Waals surface area contributed by atoms with E-state index >= 15 is 0 Å². The fourth-order valence-corrected chi connectivity index (χ4v) is 15.5. The minimum atomic E-state index is -1.57. The summed E-state index contributed by atoms with van der Waals surface area (Å²) in [6.45, 7) is 4.95. The first-order valence-electron chi connectivity index (χ1n) is 39.3. The highest BCUT2D eigenvalue weighted by Gasteiger charge is 2.44. The number of aliphatic hydroxyl groups excluding tert-OH is 1. The van der Waals surface area contributed by atoms with Crippen molar-refractivity contribution in [3.05, 3.63) is 190 Å². The molecule has 36 nitrogen and oxygen atoms in total. The van der Waals surface area contributed by atoms with Gasteiger partial charge in [0.05, 0.1) is 19.4 Å². The Hall–Kier alpha value is -14.2. The Balaban J connectivity index is 0.000000222. The van der Waals surface area contributed by atoms with E-state index in [1.54, 1.807) is 55.8 Å². The number of primary amides is 3. The van der Waals surface area contributed by atoms with E-state index in [1.165, 1.54) is 34.1 Å². The highest BCUT2D eigenvalue weighted by molar-refractivity contribution is 6.03. The molecule has 0 spiro atoms. The summed E-state index contributed by atoms with van der Waals surface area (Å²) in [5.41, 5.74) is 22.9. The summed E-state index contributed by atoms with van der Waals surface area (Å²) >= 11 is 0. The Morgan fingerprint density at radius 2 is 0.933 bits per heavy atom. The number of aliphatic hydroxyl groups is 1. The van der Waals surface area contributed by atoms with Gasteiger partial charge < -0.3 is 110 Å². The number of H-pyrrole nitrogens is 3. The molecule has 0 radical (unpaired) electrons. The predicted octanol–water partition coefficient (Wildman–Crippen LogP) is 0.295.